The van der Waals surface area contributed by atoms with Crippen molar-refractivity contribution in [1.29, 1.82) is 0 Å². The van der Waals surface area contributed by atoms with Gasteiger partial charge in [-0.2, -0.15) is 4.98 Å². The molecular weight excluding hydrogens is 284 g/mol. The topological polar surface area (TPSA) is 55.7 Å². The predicted octanol–water partition coefficient (Wildman–Crippen LogP) is 4.10. The normalized spacial score (nSPS) is 11.4. The van der Waals surface area contributed by atoms with Crippen molar-refractivity contribution in [2.75, 3.05) is 7.11 Å². The number of hydrogen-bond acceptors (Lipinski definition) is 4. The van der Waals surface area contributed by atoms with E-state index in [9.17, 15) is 0 Å². The lowest BCUT2D eigenvalue weighted by molar-refractivity contribution is 0.401. The lowest BCUT2D eigenvalue weighted by Crippen LogP contribution is -2.00. The Bertz CT molecular complexity index is 632. The minimum absolute atomic E-state index is 0.543. The zero-order chi connectivity index (χ0) is 15.2. The second-order valence-corrected chi connectivity index (χ2v) is 6.15. The predicted molar refractivity (Wildman–Crippen MR) is 87.2 cm³/mol. The summed E-state index contributed by atoms with van der Waals surface area (Å²) in [4.78, 5) is 11.6. The summed E-state index contributed by atoms with van der Waals surface area (Å²) in [7, 11) is 1.60. The van der Waals surface area contributed by atoms with E-state index in [0.717, 1.165) is 30.0 Å². The van der Waals surface area contributed by atoms with Gasteiger partial charge >= 0.3 is 0 Å². The molecule has 5 nitrogen and oxygen atoms in total. The molecule has 0 bridgehead atoms. The zero-order valence-electron chi connectivity index (χ0n) is 13.1. The largest absolute Gasteiger partial charge is 0.479 e. The number of methoxy groups -OCH3 is 1. The lowest BCUT2D eigenvalue weighted by Gasteiger charge is -2.06. The van der Waals surface area contributed by atoms with E-state index in [1.807, 2.05) is 4.57 Å². The summed E-state index contributed by atoms with van der Waals surface area (Å²) in [6, 6.07) is 0. The Morgan fingerprint density at radius 1 is 1.24 bits per heavy atom. The highest BCUT2D eigenvalue weighted by atomic mass is 32.1. The standard InChI is InChI=1S/C15H24N4OS/c1-11(2)8-6-4-5-7-9-19-13-12(18-15(19)21)14(20-3)17-10-16-13/h10-11H,4-9H2,1-3H3,(H,18,21). The van der Waals surface area contributed by atoms with E-state index in [2.05, 4.69) is 28.8 Å². The summed E-state index contributed by atoms with van der Waals surface area (Å²) in [5, 5.41) is 0. The highest BCUT2D eigenvalue weighted by Crippen LogP contribution is 2.20. The van der Waals surface area contributed by atoms with Crippen LogP contribution < -0.4 is 4.74 Å². The van der Waals surface area contributed by atoms with Crippen LogP contribution in [0, 0.1) is 10.7 Å². The van der Waals surface area contributed by atoms with Gasteiger partial charge in [0.05, 0.1) is 7.11 Å². The number of aromatic nitrogens is 4. The molecule has 2 heterocycles. The maximum absolute atomic E-state index is 5.38. The number of imidazole rings is 1. The quantitative estimate of drug-likeness (QED) is 0.589. The van der Waals surface area contributed by atoms with E-state index in [0.29, 0.717) is 10.7 Å². The maximum atomic E-state index is 5.38. The van der Waals surface area contributed by atoms with E-state index >= 15 is 0 Å². The number of nitrogens with one attached hydrogen (secondary N) is 1. The van der Waals surface area contributed by atoms with Crippen LogP contribution in [0.2, 0.25) is 0 Å². The van der Waals surface area contributed by atoms with Crippen molar-refractivity contribution in [3.05, 3.63) is 11.1 Å². The fourth-order valence-electron chi connectivity index (χ4n) is 2.48. The van der Waals surface area contributed by atoms with Crippen LogP contribution in [0.5, 0.6) is 5.88 Å². The number of aryl methyl sites for hydroxylation is 1. The van der Waals surface area contributed by atoms with E-state index in [-0.39, 0.29) is 0 Å². The number of rotatable bonds is 8. The van der Waals surface area contributed by atoms with Gasteiger partial charge in [-0.05, 0) is 24.6 Å². The number of aromatic amines is 1. The number of ether oxygens (including phenoxy) is 1. The average molecular weight is 308 g/mol. The van der Waals surface area contributed by atoms with Crippen LogP contribution in [-0.4, -0.2) is 26.6 Å². The molecule has 0 aliphatic carbocycles. The van der Waals surface area contributed by atoms with Crippen LogP contribution in [-0.2, 0) is 6.54 Å². The molecule has 0 aliphatic heterocycles. The van der Waals surface area contributed by atoms with E-state index in [4.69, 9.17) is 17.0 Å². The number of unbranched alkanes of at least 4 members (excludes halogenated alkanes) is 3. The Labute approximate surface area is 130 Å². The van der Waals surface area contributed by atoms with E-state index in [1.54, 1.807) is 7.11 Å². The zero-order valence-corrected chi connectivity index (χ0v) is 13.9. The van der Waals surface area contributed by atoms with E-state index < -0.39 is 0 Å². The molecule has 1 N–H and O–H groups in total. The van der Waals surface area contributed by atoms with Crippen LogP contribution >= 0.6 is 12.2 Å². The Morgan fingerprint density at radius 2 is 2.00 bits per heavy atom. The average Bonchev–Trinajstić information content (AvgIpc) is 2.78. The molecule has 2 rings (SSSR count). The van der Waals surface area contributed by atoms with Gasteiger partial charge in [0.1, 0.15) is 11.8 Å². The number of hydrogen-bond donors (Lipinski definition) is 1. The Morgan fingerprint density at radius 3 is 2.71 bits per heavy atom. The first-order chi connectivity index (χ1) is 10.1. The number of nitrogens with zero attached hydrogens (tertiary/aromatic N) is 3. The van der Waals surface area contributed by atoms with Gasteiger partial charge in [0.25, 0.3) is 0 Å². The van der Waals surface area contributed by atoms with Gasteiger partial charge in [-0.3, -0.25) is 0 Å². The summed E-state index contributed by atoms with van der Waals surface area (Å²) in [5.41, 5.74) is 1.61. The minimum Gasteiger partial charge on any atom is -0.479 e. The molecule has 116 valence electrons. The van der Waals surface area contributed by atoms with Gasteiger partial charge < -0.3 is 14.3 Å². The van der Waals surface area contributed by atoms with Crippen LogP contribution in [0.4, 0.5) is 0 Å². The van der Waals surface area contributed by atoms with Gasteiger partial charge in [0, 0.05) is 6.54 Å². The molecule has 2 aromatic rings. The third-order valence-corrected chi connectivity index (χ3v) is 3.95. The molecule has 0 unspecified atom stereocenters. The molecule has 6 heteroatoms. The van der Waals surface area contributed by atoms with Crippen molar-refractivity contribution in [3.8, 4) is 5.88 Å². The van der Waals surface area contributed by atoms with Crippen molar-refractivity contribution in [2.45, 2.75) is 52.5 Å². The Kier molecular flexibility index (Phi) is 5.73. The molecule has 21 heavy (non-hydrogen) atoms. The molecule has 0 fully saturated rings. The van der Waals surface area contributed by atoms with Crippen molar-refractivity contribution in [2.24, 2.45) is 5.92 Å². The third kappa shape index (κ3) is 4.03. The molecule has 0 radical (unpaired) electrons. The van der Waals surface area contributed by atoms with Gasteiger partial charge in [0.2, 0.25) is 5.88 Å². The van der Waals surface area contributed by atoms with Gasteiger partial charge in [-0.25, -0.2) is 4.98 Å². The Balaban J connectivity index is 1.96. The summed E-state index contributed by atoms with van der Waals surface area (Å²) >= 11 is 5.38. The van der Waals surface area contributed by atoms with Crippen LogP contribution in [0.25, 0.3) is 11.2 Å². The van der Waals surface area contributed by atoms with Crippen molar-refractivity contribution in [1.82, 2.24) is 19.5 Å². The van der Waals surface area contributed by atoms with Crippen LogP contribution in [0.3, 0.4) is 0 Å². The highest BCUT2D eigenvalue weighted by molar-refractivity contribution is 7.71. The molecular formula is C15H24N4OS. The highest BCUT2D eigenvalue weighted by Gasteiger charge is 2.10. The monoisotopic (exact) mass is 308 g/mol. The fourth-order valence-corrected chi connectivity index (χ4v) is 2.76. The molecule has 0 amide bonds. The molecule has 0 spiro atoms. The molecule has 0 saturated carbocycles. The van der Waals surface area contributed by atoms with Crippen molar-refractivity contribution < 1.29 is 4.74 Å². The molecule has 0 atom stereocenters. The van der Waals surface area contributed by atoms with Gasteiger partial charge in [0.15, 0.2) is 10.4 Å². The van der Waals surface area contributed by atoms with Gasteiger partial charge in [-0.15, -0.1) is 0 Å². The fraction of sp³-hybridized carbons (Fsp3) is 0.667. The number of H-pyrrole nitrogens is 1. The summed E-state index contributed by atoms with van der Waals surface area (Å²) < 4.78 is 7.96. The van der Waals surface area contributed by atoms with Crippen molar-refractivity contribution in [3.63, 3.8) is 0 Å². The molecule has 2 aromatic heterocycles. The van der Waals surface area contributed by atoms with Gasteiger partial charge in [-0.1, -0.05) is 39.5 Å². The molecule has 0 aliphatic rings. The molecule has 0 saturated heterocycles. The van der Waals surface area contributed by atoms with Crippen LogP contribution in [0.1, 0.15) is 46.0 Å². The summed E-state index contributed by atoms with van der Waals surface area (Å²) in [6.45, 7) is 5.44. The maximum Gasteiger partial charge on any atom is 0.242 e. The minimum atomic E-state index is 0.543. The SMILES string of the molecule is COc1ncnc2c1[nH]c(=S)n2CCCCCCC(C)C. The third-order valence-electron chi connectivity index (χ3n) is 3.63. The summed E-state index contributed by atoms with van der Waals surface area (Å²) in [6.07, 6.45) is 7.77. The molecule has 0 aromatic carbocycles. The Hall–Kier alpha value is -1.43. The summed E-state index contributed by atoms with van der Waals surface area (Å²) in [5.74, 6) is 1.35. The first-order valence-corrected chi connectivity index (χ1v) is 8.01. The first-order valence-electron chi connectivity index (χ1n) is 7.61. The second-order valence-electron chi connectivity index (χ2n) is 5.76. The van der Waals surface area contributed by atoms with E-state index in [1.165, 1.54) is 32.0 Å². The lowest BCUT2D eigenvalue weighted by atomic mass is 10.0. The number of fused-ring (bicyclic) bond motifs is 1. The first kappa shape index (κ1) is 15.9. The van der Waals surface area contributed by atoms with Crippen molar-refractivity contribution >= 4 is 23.4 Å². The smallest absolute Gasteiger partial charge is 0.242 e. The second kappa shape index (κ2) is 7.54. The van der Waals surface area contributed by atoms with Crippen LogP contribution in [0.15, 0.2) is 6.33 Å².